The molecule has 0 amide bonds. The maximum atomic E-state index is 5.03. The van der Waals surface area contributed by atoms with Crippen molar-refractivity contribution in [2.75, 3.05) is 0 Å². The van der Waals surface area contributed by atoms with Crippen molar-refractivity contribution in [2.45, 2.75) is 0 Å². The fourth-order valence-electron chi connectivity index (χ4n) is 0. The first-order valence-corrected chi connectivity index (χ1v) is 14.6. The van der Waals surface area contributed by atoms with E-state index in [1.807, 2.05) is 0 Å². The predicted molar refractivity (Wildman–Crippen MR) is 17.6 cm³/mol. The average molecular weight is 247 g/mol. The molecule has 0 spiro atoms. The Hall–Kier alpha value is 2.23. The van der Waals surface area contributed by atoms with Crippen LogP contribution in [0.15, 0.2) is 0 Å². The second-order valence-electron chi connectivity index (χ2n) is 0.247. The summed E-state index contributed by atoms with van der Waals surface area (Å²) < 4.78 is 0. The van der Waals surface area contributed by atoms with Crippen LogP contribution in [0.5, 0.6) is 0 Å². The fraction of sp³-hybridized carbons (Fsp3) is 0. The summed E-state index contributed by atoms with van der Waals surface area (Å²) in [5, 5.41) is 0. The normalized spacial score (nSPS) is 6.75. The van der Waals surface area contributed by atoms with Crippen LogP contribution in [0, 0.1) is 30.3 Å². The summed E-state index contributed by atoms with van der Waals surface area (Å²) in [6.07, 6.45) is 0. The second kappa shape index (κ2) is 3.42. The van der Waals surface area contributed by atoms with Crippen LogP contribution in [0.1, 0.15) is 0 Å². The van der Waals surface area contributed by atoms with Gasteiger partial charge in [0.15, 0.2) is 0 Å². The summed E-state index contributed by atoms with van der Waals surface area (Å²) in [6, 6.07) is 0. The first-order valence-electron chi connectivity index (χ1n) is 0.655. The topological polar surface area (TPSA) is 0 Å². The molecule has 0 N–H and O–H groups in total. The van der Waals surface area contributed by atoms with Crippen LogP contribution in [-0.2, 0) is 0 Å². The Morgan fingerprint density at radius 3 is 1.00 bits per heavy atom. The van der Waals surface area contributed by atoms with Gasteiger partial charge in [-0.3, -0.25) is 0 Å². The van der Waals surface area contributed by atoms with Crippen LogP contribution < -0.4 is 0 Å². The number of halogens is 3. The van der Waals surface area contributed by atoms with E-state index in [9.17, 15) is 0 Å². The zero-order valence-electron chi connectivity index (χ0n) is 1.71. The summed E-state index contributed by atoms with van der Waals surface area (Å²) in [5.41, 5.74) is 15.1. The van der Waals surface area contributed by atoms with Crippen LogP contribution in [-0.4, -0.2) is 0 Å². The zero-order chi connectivity index (χ0) is 3.58. The molecule has 0 saturated carbocycles. The van der Waals surface area contributed by atoms with Crippen molar-refractivity contribution in [3.63, 3.8) is 0 Å². The minimum atomic E-state index is -2.31. The molecular formula is Cl3Pr. The Labute approximate surface area is 46.2 Å². The quantitative estimate of drug-likeness (QED) is 0.614. The van der Waals surface area contributed by atoms with Crippen LogP contribution in [0.3, 0.4) is 0 Å². The molecule has 0 fully saturated rings. The van der Waals surface area contributed by atoms with E-state index < -0.39 is 30.3 Å². The van der Waals surface area contributed by atoms with Gasteiger partial charge in [-0.05, 0) is 0 Å². The summed E-state index contributed by atoms with van der Waals surface area (Å²) in [6.45, 7) is 0. The van der Waals surface area contributed by atoms with Gasteiger partial charge in [-0.1, -0.05) is 0 Å². The third-order valence-corrected chi connectivity index (χ3v) is 0. The van der Waals surface area contributed by atoms with Gasteiger partial charge < -0.3 is 0 Å². The first-order chi connectivity index (χ1) is 1.73. The Morgan fingerprint density at radius 2 is 1.00 bits per heavy atom. The molecule has 0 heterocycles. The molecule has 24 valence electrons. The number of hydrogen-bond acceptors (Lipinski definition) is 0. The average Bonchev–Trinajstić information content (AvgIpc) is 0.811. The van der Waals surface area contributed by atoms with Crippen molar-refractivity contribution in [1.82, 2.24) is 0 Å². The van der Waals surface area contributed by atoms with Crippen molar-refractivity contribution in [2.24, 2.45) is 0 Å². The van der Waals surface area contributed by atoms with E-state index in [0.717, 1.165) is 0 Å². The van der Waals surface area contributed by atoms with Crippen LogP contribution in [0.2, 0.25) is 0 Å². The van der Waals surface area contributed by atoms with Crippen molar-refractivity contribution >= 4 is 17.1 Å². The Morgan fingerprint density at radius 1 is 1.00 bits per heavy atom. The van der Waals surface area contributed by atoms with Gasteiger partial charge in [-0.2, -0.15) is 0 Å². The Balaban J connectivity index is 2.32. The third kappa shape index (κ3) is 8.87. The summed E-state index contributed by atoms with van der Waals surface area (Å²) in [5.74, 6) is 0. The van der Waals surface area contributed by atoms with Crippen molar-refractivity contribution in [3.8, 4) is 0 Å². The molecule has 0 aromatic rings. The Kier molecular flexibility index (Phi) is 5.34. The predicted octanol–water partition coefficient (Wildman–Crippen LogP) is 2.07. The van der Waals surface area contributed by atoms with E-state index >= 15 is 0 Å². The van der Waals surface area contributed by atoms with E-state index in [1.165, 1.54) is 0 Å². The monoisotopic (exact) mass is 246 g/mol. The van der Waals surface area contributed by atoms with Gasteiger partial charge in [-0.15, -0.1) is 0 Å². The standard InChI is InChI=1S/3ClH.Pr/h3*1H;/q;;;+3/p-3. The van der Waals surface area contributed by atoms with Crippen molar-refractivity contribution in [3.05, 3.63) is 0 Å². The molecule has 4 heteroatoms. The molecule has 0 aliphatic carbocycles. The van der Waals surface area contributed by atoms with Crippen molar-refractivity contribution < 1.29 is 30.3 Å². The number of rotatable bonds is 0. The molecule has 0 rings (SSSR count). The molecule has 0 saturated heterocycles. The van der Waals surface area contributed by atoms with Crippen LogP contribution >= 0.6 is 17.1 Å². The second-order valence-corrected chi connectivity index (χ2v) is 16.5. The first kappa shape index (κ1) is 6.23. The molecule has 0 nitrogen and oxygen atoms in total. The van der Waals surface area contributed by atoms with Gasteiger partial charge in [0.05, 0.1) is 0 Å². The SMILES string of the molecule is [Cl][Pr]([Cl])[Cl]. The molecule has 0 aliphatic heterocycles. The summed E-state index contributed by atoms with van der Waals surface area (Å²) in [4.78, 5) is 0. The third-order valence-electron chi connectivity index (χ3n) is 0. The van der Waals surface area contributed by atoms with Gasteiger partial charge in [0.1, 0.15) is 0 Å². The zero-order valence-corrected chi connectivity index (χ0v) is 7.68. The molecule has 4 heavy (non-hydrogen) atoms. The maximum absolute atomic E-state index is 5.03. The van der Waals surface area contributed by atoms with Gasteiger partial charge >= 0.3 is 47.4 Å². The van der Waals surface area contributed by atoms with E-state index in [2.05, 4.69) is 0 Å². The molecule has 0 unspecified atom stereocenters. The van der Waals surface area contributed by atoms with Crippen molar-refractivity contribution in [1.29, 1.82) is 0 Å². The van der Waals surface area contributed by atoms with Gasteiger partial charge in [-0.25, -0.2) is 0 Å². The molecule has 0 radical (unpaired) electrons. The Bertz CT molecular complexity index is 8.00. The van der Waals surface area contributed by atoms with E-state index in [0.29, 0.717) is 0 Å². The molecule has 0 aromatic carbocycles. The fourth-order valence-corrected chi connectivity index (χ4v) is 0. The molecule has 0 aliphatic rings. The molecule has 0 aromatic heterocycles. The van der Waals surface area contributed by atoms with Crippen LogP contribution in [0.25, 0.3) is 0 Å². The summed E-state index contributed by atoms with van der Waals surface area (Å²) in [7, 11) is 0. The van der Waals surface area contributed by atoms with E-state index in [1.54, 1.807) is 0 Å². The minimum absolute atomic E-state index is 2.31. The number of hydrogen-bond donors (Lipinski definition) is 0. The van der Waals surface area contributed by atoms with Gasteiger partial charge in [0.2, 0.25) is 0 Å². The van der Waals surface area contributed by atoms with E-state index in [-0.39, 0.29) is 0 Å². The van der Waals surface area contributed by atoms with Gasteiger partial charge in [0, 0.05) is 0 Å². The van der Waals surface area contributed by atoms with Crippen LogP contribution in [0.4, 0.5) is 0 Å². The molecule has 0 atom stereocenters. The van der Waals surface area contributed by atoms with E-state index in [4.69, 9.17) is 17.1 Å². The molecular weight excluding hydrogens is 247 g/mol. The summed E-state index contributed by atoms with van der Waals surface area (Å²) >= 11 is -2.31. The van der Waals surface area contributed by atoms with Gasteiger partial charge in [0.25, 0.3) is 0 Å². The molecule has 0 bridgehead atoms.